The Hall–Kier alpha value is -2.44. The third-order valence-corrected chi connectivity index (χ3v) is 4.39. The lowest BCUT2D eigenvalue weighted by Crippen LogP contribution is -2.51. The van der Waals surface area contributed by atoms with Crippen LogP contribution in [0.3, 0.4) is 0 Å². The Morgan fingerprint density at radius 2 is 2.04 bits per heavy atom. The molecule has 8 heteroatoms. The summed E-state index contributed by atoms with van der Waals surface area (Å²) in [6.07, 6.45) is -0.794. The summed E-state index contributed by atoms with van der Waals surface area (Å²) >= 11 is 11.9. The molecule has 1 N–H and O–H groups in total. The number of hydrogen-bond donors (Lipinski definition) is 1. The van der Waals surface area contributed by atoms with Crippen LogP contribution in [0.5, 0.6) is 11.5 Å². The van der Waals surface area contributed by atoms with E-state index in [1.165, 1.54) is 18.0 Å². The van der Waals surface area contributed by atoms with Crippen LogP contribution in [0.25, 0.3) is 0 Å². The molecule has 0 unspecified atom stereocenters. The van der Waals surface area contributed by atoms with Gasteiger partial charge in [-0.25, -0.2) is 0 Å². The standard InChI is InChI=1S/C18H16Cl2N2O4/c1-21-18(24)16-9-22(13-4-2-3-5-15(13)26-16)17(23)10-25-14-7-6-11(19)8-12(14)20/h2-8,16H,9-10H2,1H3,(H,21,24)/t16-/m0/s1. The van der Waals surface area contributed by atoms with Crippen molar-refractivity contribution in [3.05, 3.63) is 52.5 Å². The fraction of sp³-hybridized carbons (Fsp3) is 0.222. The third kappa shape index (κ3) is 3.86. The molecule has 1 aliphatic rings. The predicted octanol–water partition coefficient (Wildman–Crippen LogP) is 2.91. The molecule has 1 atom stereocenters. The van der Waals surface area contributed by atoms with E-state index in [9.17, 15) is 9.59 Å². The first-order valence-electron chi connectivity index (χ1n) is 7.85. The lowest BCUT2D eigenvalue weighted by molar-refractivity contribution is -0.128. The smallest absolute Gasteiger partial charge is 0.265 e. The van der Waals surface area contributed by atoms with Crippen LogP contribution in [-0.4, -0.2) is 38.1 Å². The van der Waals surface area contributed by atoms with Gasteiger partial charge in [0.05, 0.1) is 17.3 Å². The Bertz CT molecular complexity index is 844. The summed E-state index contributed by atoms with van der Waals surface area (Å²) < 4.78 is 11.2. The maximum Gasteiger partial charge on any atom is 0.265 e. The SMILES string of the molecule is CNC(=O)[C@@H]1CN(C(=O)COc2ccc(Cl)cc2Cl)c2ccccc2O1. The quantitative estimate of drug-likeness (QED) is 0.865. The highest BCUT2D eigenvalue weighted by atomic mass is 35.5. The molecule has 3 rings (SSSR count). The Labute approximate surface area is 160 Å². The normalized spacial score (nSPS) is 15.7. The summed E-state index contributed by atoms with van der Waals surface area (Å²) in [5.74, 6) is 0.193. The molecule has 26 heavy (non-hydrogen) atoms. The summed E-state index contributed by atoms with van der Waals surface area (Å²) in [7, 11) is 1.52. The van der Waals surface area contributed by atoms with Crippen LogP contribution in [0.15, 0.2) is 42.5 Å². The molecule has 0 bridgehead atoms. The molecular formula is C18H16Cl2N2O4. The number of hydrogen-bond acceptors (Lipinski definition) is 4. The van der Waals surface area contributed by atoms with Crippen molar-refractivity contribution in [1.82, 2.24) is 5.32 Å². The largest absolute Gasteiger partial charge is 0.482 e. The summed E-state index contributed by atoms with van der Waals surface area (Å²) in [6, 6.07) is 11.8. The van der Waals surface area contributed by atoms with Crippen molar-refractivity contribution in [1.29, 1.82) is 0 Å². The molecule has 0 saturated carbocycles. The number of nitrogens with zero attached hydrogens (tertiary/aromatic N) is 1. The van der Waals surface area contributed by atoms with Gasteiger partial charge in [0.2, 0.25) is 0 Å². The van der Waals surface area contributed by atoms with Crippen molar-refractivity contribution < 1.29 is 19.1 Å². The zero-order chi connectivity index (χ0) is 18.7. The Balaban J connectivity index is 1.77. The maximum atomic E-state index is 12.7. The predicted molar refractivity (Wildman–Crippen MR) is 99.2 cm³/mol. The molecule has 0 aliphatic carbocycles. The molecule has 2 aromatic carbocycles. The molecule has 0 saturated heterocycles. The van der Waals surface area contributed by atoms with Gasteiger partial charge < -0.3 is 19.7 Å². The summed E-state index contributed by atoms with van der Waals surface area (Å²) in [4.78, 5) is 26.2. The zero-order valence-corrected chi connectivity index (χ0v) is 15.4. The van der Waals surface area contributed by atoms with Gasteiger partial charge in [0.1, 0.15) is 11.5 Å². The van der Waals surface area contributed by atoms with Gasteiger partial charge in [0, 0.05) is 12.1 Å². The molecule has 0 fully saturated rings. The van der Waals surface area contributed by atoms with E-state index in [-0.39, 0.29) is 25.0 Å². The van der Waals surface area contributed by atoms with Gasteiger partial charge in [-0.1, -0.05) is 35.3 Å². The fourth-order valence-corrected chi connectivity index (χ4v) is 3.04. The number of nitrogens with one attached hydrogen (secondary N) is 1. The molecule has 0 aromatic heterocycles. The zero-order valence-electron chi connectivity index (χ0n) is 13.9. The van der Waals surface area contributed by atoms with E-state index < -0.39 is 6.10 Å². The molecule has 0 radical (unpaired) electrons. The van der Waals surface area contributed by atoms with Gasteiger partial charge in [0.15, 0.2) is 12.7 Å². The van der Waals surface area contributed by atoms with Gasteiger partial charge in [0.25, 0.3) is 11.8 Å². The Morgan fingerprint density at radius 3 is 2.77 bits per heavy atom. The highest BCUT2D eigenvalue weighted by molar-refractivity contribution is 6.35. The van der Waals surface area contributed by atoms with E-state index in [0.29, 0.717) is 27.2 Å². The molecule has 1 aliphatic heterocycles. The average Bonchev–Trinajstić information content (AvgIpc) is 2.65. The van der Waals surface area contributed by atoms with Gasteiger partial charge in [-0.15, -0.1) is 0 Å². The van der Waals surface area contributed by atoms with Gasteiger partial charge in [-0.05, 0) is 30.3 Å². The van der Waals surface area contributed by atoms with Gasteiger partial charge >= 0.3 is 0 Å². The van der Waals surface area contributed by atoms with Crippen LogP contribution in [0.2, 0.25) is 10.0 Å². The van der Waals surface area contributed by atoms with E-state index >= 15 is 0 Å². The number of benzene rings is 2. The van der Waals surface area contributed by atoms with E-state index in [1.807, 2.05) is 0 Å². The Morgan fingerprint density at radius 1 is 1.27 bits per heavy atom. The van der Waals surface area contributed by atoms with Crippen LogP contribution in [0.4, 0.5) is 5.69 Å². The van der Waals surface area contributed by atoms with Crippen LogP contribution in [-0.2, 0) is 9.59 Å². The lowest BCUT2D eigenvalue weighted by Gasteiger charge is -2.33. The third-order valence-electron chi connectivity index (χ3n) is 3.86. The van der Waals surface area contributed by atoms with E-state index in [2.05, 4.69) is 5.32 Å². The van der Waals surface area contributed by atoms with Crippen LogP contribution >= 0.6 is 23.2 Å². The summed E-state index contributed by atoms with van der Waals surface area (Å²) in [6.45, 7) is -0.149. The van der Waals surface area contributed by atoms with E-state index in [1.54, 1.807) is 36.4 Å². The first kappa shape index (κ1) is 18.4. The van der Waals surface area contributed by atoms with E-state index in [4.69, 9.17) is 32.7 Å². The number of halogens is 2. The Kier molecular flexibility index (Phi) is 5.54. The second kappa shape index (κ2) is 7.85. The number of carbonyl (C=O) groups excluding carboxylic acids is 2. The van der Waals surface area contributed by atoms with Gasteiger partial charge in [-0.2, -0.15) is 0 Å². The summed E-state index contributed by atoms with van der Waals surface area (Å²) in [5.41, 5.74) is 0.587. The minimum Gasteiger partial charge on any atom is -0.482 e. The molecule has 0 spiro atoms. The molecule has 1 heterocycles. The number of carbonyl (C=O) groups is 2. The molecule has 2 amide bonds. The highest BCUT2D eigenvalue weighted by Crippen LogP contribution is 2.33. The monoisotopic (exact) mass is 394 g/mol. The number of anilines is 1. The summed E-state index contributed by atoms with van der Waals surface area (Å²) in [5, 5.41) is 3.32. The number of likely N-dealkylation sites (N-methyl/N-ethyl adjacent to an activating group) is 1. The van der Waals surface area contributed by atoms with Crippen molar-refractivity contribution in [3.63, 3.8) is 0 Å². The minimum atomic E-state index is -0.794. The highest BCUT2D eigenvalue weighted by Gasteiger charge is 2.33. The van der Waals surface area contributed by atoms with Crippen LogP contribution < -0.4 is 19.7 Å². The molecule has 136 valence electrons. The minimum absolute atomic E-state index is 0.0905. The van der Waals surface area contributed by atoms with Crippen molar-refractivity contribution in [2.75, 3.05) is 25.1 Å². The maximum absolute atomic E-state index is 12.7. The molecule has 2 aromatic rings. The topological polar surface area (TPSA) is 67.9 Å². The van der Waals surface area contributed by atoms with Crippen molar-refractivity contribution in [3.8, 4) is 11.5 Å². The number of amides is 2. The number of ether oxygens (including phenoxy) is 2. The van der Waals surface area contributed by atoms with E-state index in [0.717, 1.165) is 0 Å². The van der Waals surface area contributed by atoms with Crippen LogP contribution in [0, 0.1) is 0 Å². The first-order valence-corrected chi connectivity index (χ1v) is 8.60. The number of fused-ring (bicyclic) bond motifs is 1. The van der Waals surface area contributed by atoms with Crippen molar-refractivity contribution in [2.24, 2.45) is 0 Å². The van der Waals surface area contributed by atoms with Crippen LogP contribution in [0.1, 0.15) is 0 Å². The molecular weight excluding hydrogens is 379 g/mol. The second-order valence-electron chi connectivity index (χ2n) is 5.56. The van der Waals surface area contributed by atoms with Crippen molar-refractivity contribution in [2.45, 2.75) is 6.10 Å². The fourth-order valence-electron chi connectivity index (χ4n) is 2.58. The average molecular weight is 395 g/mol. The second-order valence-corrected chi connectivity index (χ2v) is 6.40. The lowest BCUT2D eigenvalue weighted by atomic mass is 10.1. The number of rotatable bonds is 4. The van der Waals surface area contributed by atoms with Crippen molar-refractivity contribution >= 4 is 40.7 Å². The number of para-hydroxylation sites is 2. The first-order chi connectivity index (χ1) is 12.5. The van der Waals surface area contributed by atoms with Gasteiger partial charge in [-0.3, -0.25) is 9.59 Å². The molecule has 6 nitrogen and oxygen atoms in total.